The third-order valence-corrected chi connectivity index (χ3v) is 2.75. The van der Waals surface area contributed by atoms with Crippen LogP contribution in [0, 0.1) is 0 Å². The molecule has 1 fully saturated rings. The highest BCUT2D eigenvalue weighted by Gasteiger charge is 2.42. The lowest BCUT2D eigenvalue weighted by Crippen LogP contribution is -2.46. The van der Waals surface area contributed by atoms with Gasteiger partial charge in [0.1, 0.15) is 0 Å². The molecule has 1 saturated heterocycles. The first-order chi connectivity index (χ1) is 9.96. The van der Waals surface area contributed by atoms with Crippen molar-refractivity contribution >= 4 is 5.97 Å². The van der Waals surface area contributed by atoms with E-state index < -0.39 is 37.2 Å². The van der Waals surface area contributed by atoms with Crippen molar-refractivity contribution in [1.29, 1.82) is 0 Å². The van der Waals surface area contributed by atoms with Gasteiger partial charge in [0.15, 0.2) is 0 Å². The molecule has 3 heteroatoms. The number of nitrogens with one attached hydrogen (secondary N) is 1. The molecule has 0 aliphatic carbocycles. The van der Waals surface area contributed by atoms with Crippen molar-refractivity contribution in [1.82, 2.24) is 5.32 Å². The number of esters is 1. The Morgan fingerprint density at radius 1 is 1.41 bits per heavy atom. The number of rotatable bonds is 3. The summed E-state index contributed by atoms with van der Waals surface area (Å²) in [5.74, 6) is -0.702. The summed E-state index contributed by atoms with van der Waals surface area (Å²) >= 11 is 0. The van der Waals surface area contributed by atoms with Gasteiger partial charge in [0.2, 0.25) is 0 Å². The minimum absolute atomic E-state index is 0.131. The zero-order valence-corrected chi connectivity index (χ0v) is 9.72. The first-order valence-electron chi connectivity index (χ1n) is 7.95. The Morgan fingerprint density at radius 3 is 2.65 bits per heavy atom. The van der Waals surface area contributed by atoms with E-state index in [2.05, 4.69) is 5.32 Å². The van der Waals surface area contributed by atoms with Gasteiger partial charge in [-0.2, -0.15) is 0 Å². The largest absolute Gasteiger partial charge is 0.465 e. The molecule has 0 spiro atoms. The van der Waals surface area contributed by atoms with Crippen LogP contribution < -0.4 is 5.32 Å². The fourth-order valence-corrected chi connectivity index (χ4v) is 1.88. The summed E-state index contributed by atoms with van der Waals surface area (Å²) in [7, 11) is 0. The molecule has 1 aromatic carbocycles. The monoisotopic (exact) mass is 237 g/mol. The number of hydrogen-bond acceptors (Lipinski definition) is 3. The smallest absolute Gasteiger partial charge is 0.316 e. The number of piperidine rings is 1. The molecule has 0 aromatic heterocycles. The van der Waals surface area contributed by atoms with E-state index in [1.807, 2.05) is 0 Å². The third-order valence-electron chi connectivity index (χ3n) is 2.75. The molecular weight excluding hydrogens is 214 g/mol. The maximum Gasteiger partial charge on any atom is 0.316 e. The first-order valence-corrected chi connectivity index (χ1v) is 5.64. The van der Waals surface area contributed by atoms with Crippen molar-refractivity contribution in [3.05, 3.63) is 35.9 Å². The van der Waals surface area contributed by atoms with Gasteiger partial charge >= 0.3 is 5.97 Å². The summed E-state index contributed by atoms with van der Waals surface area (Å²) in [6.45, 7) is -0.463. The fourth-order valence-electron chi connectivity index (χ4n) is 1.88. The maximum atomic E-state index is 12.6. The Balaban J connectivity index is 2.61. The van der Waals surface area contributed by atoms with Crippen LogP contribution in [-0.2, 0) is 14.9 Å². The average Bonchev–Trinajstić information content (AvgIpc) is 2.47. The SMILES string of the molecule is [2H]C1NC([2H])C([2H])C(C(=O)OCC)(c2ccccc2)C1[2H]. The molecule has 1 N–H and O–H groups in total. The summed E-state index contributed by atoms with van der Waals surface area (Å²) < 4.78 is 37.5. The van der Waals surface area contributed by atoms with Crippen LogP contribution in [0.5, 0.6) is 0 Å². The molecule has 1 heterocycles. The molecule has 4 unspecified atom stereocenters. The van der Waals surface area contributed by atoms with Crippen LogP contribution in [0.2, 0.25) is 0 Å². The van der Waals surface area contributed by atoms with Crippen molar-refractivity contribution in [3.8, 4) is 0 Å². The molecule has 0 bridgehead atoms. The summed E-state index contributed by atoms with van der Waals surface area (Å²) in [6, 6.07) is 8.53. The van der Waals surface area contributed by atoms with Crippen LogP contribution in [0.25, 0.3) is 0 Å². The van der Waals surface area contributed by atoms with E-state index >= 15 is 0 Å². The van der Waals surface area contributed by atoms with Crippen LogP contribution >= 0.6 is 0 Å². The average molecular weight is 237 g/mol. The Kier molecular flexibility index (Phi) is 2.47. The quantitative estimate of drug-likeness (QED) is 0.816. The van der Waals surface area contributed by atoms with Gasteiger partial charge in [0.25, 0.3) is 0 Å². The van der Waals surface area contributed by atoms with Gasteiger partial charge in [-0.1, -0.05) is 30.3 Å². The predicted octanol–water partition coefficient (Wildman–Crippen LogP) is 1.87. The molecule has 0 radical (unpaired) electrons. The van der Waals surface area contributed by atoms with Crippen LogP contribution in [0.3, 0.4) is 0 Å². The summed E-state index contributed by atoms with van der Waals surface area (Å²) in [5.41, 5.74) is -1.17. The molecule has 0 amide bonds. The van der Waals surface area contributed by atoms with Gasteiger partial charge in [0.05, 0.1) is 12.0 Å². The van der Waals surface area contributed by atoms with E-state index in [0.29, 0.717) is 5.56 Å². The van der Waals surface area contributed by atoms with Gasteiger partial charge in [-0.25, -0.2) is 0 Å². The van der Waals surface area contributed by atoms with Crippen LogP contribution in [0.1, 0.15) is 30.8 Å². The lowest BCUT2D eigenvalue weighted by Gasteiger charge is -2.35. The highest BCUT2D eigenvalue weighted by Crippen LogP contribution is 2.34. The van der Waals surface area contributed by atoms with Crippen molar-refractivity contribution < 1.29 is 15.0 Å². The third kappa shape index (κ3) is 2.34. The minimum atomic E-state index is -1.62. The minimum Gasteiger partial charge on any atom is -0.465 e. The Hall–Kier alpha value is -1.35. The van der Waals surface area contributed by atoms with Gasteiger partial charge in [-0.3, -0.25) is 4.79 Å². The lowest BCUT2D eigenvalue weighted by atomic mass is 9.73. The topological polar surface area (TPSA) is 38.3 Å². The van der Waals surface area contributed by atoms with Crippen molar-refractivity contribution in [2.75, 3.05) is 19.6 Å². The zero-order chi connectivity index (χ0) is 15.6. The van der Waals surface area contributed by atoms with E-state index in [1.54, 1.807) is 37.3 Å². The molecule has 2 rings (SSSR count). The second kappa shape index (κ2) is 5.32. The van der Waals surface area contributed by atoms with Gasteiger partial charge in [0, 0.05) is 5.48 Å². The summed E-state index contributed by atoms with van der Waals surface area (Å²) in [6.07, 6.45) is -2.44. The molecule has 4 atom stereocenters. The van der Waals surface area contributed by atoms with Crippen LogP contribution in [-0.4, -0.2) is 25.6 Å². The molecule has 1 aliphatic heterocycles. The van der Waals surface area contributed by atoms with Gasteiger partial charge in [-0.15, -0.1) is 0 Å². The molecular formula is C14H19NO2. The molecule has 92 valence electrons. The number of ether oxygens (including phenoxy) is 1. The number of carbonyl (C=O) groups is 1. The molecule has 1 aromatic rings. The van der Waals surface area contributed by atoms with E-state index in [9.17, 15) is 4.79 Å². The summed E-state index contributed by atoms with van der Waals surface area (Å²) in [4.78, 5) is 12.6. The highest BCUT2D eigenvalue weighted by molar-refractivity contribution is 5.83. The van der Waals surface area contributed by atoms with Crippen LogP contribution in [0.4, 0.5) is 0 Å². The van der Waals surface area contributed by atoms with E-state index in [-0.39, 0.29) is 6.61 Å². The standard InChI is InChI=1S/C14H19NO2/c1-2-17-13(16)14(8-10-15-11-9-14)12-6-4-3-5-7-12/h3-7,15H,2,8-11H2,1H3/i8D,9D,10D,11D. The Bertz CT molecular complexity index is 485. The van der Waals surface area contributed by atoms with Crippen LogP contribution in [0.15, 0.2) is 30.3 Å². The van der Waals surface area contributed by atoms with Crippen molar-refractivity contribution in [3.63, 3.8) is 0 Å². The molecule has 0 saturated carbocycles. The number of hydrogen-bond donors (Lipinski definition) is 1. The lowest BCUT2D eigenvalue weighted by molar-refractivity contribution is -0.151. The normalized spacial score (nSPS) is 45.0. The number of carbonyl (C=O) groups excluding carboxylic acids is 1. The first kappa shape index (κ1) is 7.88. The summed E-state index contributed by atoms with van der Waals surface area (Å²) in [5, 5.41) is 2.55. The van der Waals surface area contributed by atoms with E-state index in [0.717, 1.165) is 0 Å². The van der Waals surface area contributed by atoms with E-state index in [4.69, 9.17) is 10.2 Å². The second-order valence-corrected chi connectivity index (χ2v) is 3.79. The Morgan fingerprint density at radius 2 is 2.06 bits per heavy atom. The van der Waals surface area contributed by atoms with Crippen molar-refractivity contribution in [2.24, 2.45) is 0 Å². The zero-order valence-electron chi connectivity index (χ0n) is 13.7. The number of benzene rings is 1. The van der Waals surface area contributed by atoms with Gasteiger partial charge in [-0.05, 0) is 38.3 Å². The highest BCUT2D eigenvalue weighted by atomic mass is 16.5. The second-order valence-electron chi connectivity index (χ2n) is 3.79. The van der Waals surface area contributed by atoms with Gasteiger partial charge < -0.3 is 10.1 Å². The molecule has 3 nitrogen and oxygen atoms in total. The van der Waals surface area contributed by atoms with Crippen molar-refractivity contribution in [2.45, 2.75) is 25.1 Å². The maximum absolute atomic E-state index is 12.6. The molecule has 1 aliphatic rings. The molecule has 17 heavy (non-hydrogen) atoms. The Labute approximate surface area is 108 Å². The van der Waals surface area contributed by atoms with E-state index in [1.165, 1.54) is 0 Å². The predicted molar refractivity (Wildman–Crippen MR) is 66.9 cm³/mol. The fraction of sp³-hybridized carbons (Fsp3) is 0.500.